The molecule has 0 bridgehead atoms. The van der Waals surface area contributed by atoms with Crippen molar-refractivity contribution in [2.24, 2.45) is 4.99 Å². The van der Waals surface area contributed by atoms with Crippen molar-refractivity contribution in [1.82, 2.24) is 20.9 Å². The number of rotatable bonds is 6. The maximum atomic E-state index is 12.1. The highest BCUT2D eigenvalue weighted by atomic mass is 35.5. The van der Waals surface area contributed by atoms with Crippen LogP contribution in [0.4, 0.5) is 0 Å². The Morgan fingerprint density at radius 2 is 1.89 bits per heavy atom. The van der Waals surface area contributed by atoms with Gasteiger partial charge in [0.15, 0.2) is 5.96 Å². The lowest BCUT2D eigenvalue weighted by Gasteiger charge is -2.13. The topological polar surface area (TPSA) is 91.5 Å². The predicted octanol–water partition coefficient (Wildman–Crippen LogP) is 2.72. The summed E-state index contributed by atoms with van der Waals surface area (Å²) in [4.78, 5) is 20.5. The first kappa shape index (κ1) is 20.8. The first-order valence-corrected chi connectivity index (χ1v) is 9.11. The molecule has 7 nitrogen and oxygen atoms in total. The van der Waals surface area contributed by atoms with Crippen LogP contribution in [0, 0.1) is 0 Å². The van der Waals surface area contributed by atoms with E-state index in [0.717, 1.165) is 5.76 Å². The fourth-order valence-corrected chi connectivity index (χ4v) is 2.44. The van der Waals surface area contributed by atoms with Gasteiger partial charge in [0.1, 0.15) is 5.76 Å². The van der Waals surface area contributed by atoms with Crippen LogP contribution in [0.1, 0.15) is 42.8 Å². The maximum Gasteiger partial charge on any atom is 0.252 e. The van der Waals surface area contributed by atoms with Gasteiger partial charge in [0.2, 0.25) is 5.89 Å². The number of guanidine groups is 1. The molecule has 3 N–H and O–H groups in total. The quantitative estimate of drug-likeness (QED) is 0.400. The van der Waals surface area contributed by atoms with Crippen molar-refractivity contribution in [3.05, 3.63) is 52.7 Å². The minimum atomic E-state index is -0.208. The van der Waals surface area contributed by atoms with Gasteiger partial charge in [-0.3, -0.25) is 9.79 Å². The molecule has 0 spiro atoms. The highest BCUT2D eigenvalue weighted by Gasteiger charge is 2.19. The Labute approximate surface area is 164 Å². The van der Waals surface area contributed by atoms with E-state index in [0.29, 0.717) is 42.1 Å². The molecule has 0 saturated heterocycles. The van der Waals surface area contributed by atoms with Gasteiger partial charge in [-0.15, -0.1) is 0 Å². The Bertz CT molecular complexity index is 795. The molecule has 0 fully saturated rings. The van der Waals surface area contributed by atoms with Gasteiger partial charge in [-0.1, -0.05) is 44.5 Å². The monoisotopic (exact) mass is 391 g/mol. The summed E-state index contributed by atoms with van der Waals surface area (Å²) in [6.07, 6.45) is 1.75. The molecule has 0 unspecified atom stereocenters. The normalized spacial score (nSPS) is 12.0. The van der Waals surface area contributed by atoms with Crippen molar-refractivity contribution >= 4 is 23.5 Å². The van der Waals surface area contributed by atoms with E-state index >= 15 is 0 Å². The minimum Gasteiger partial charge on any atom is -0.443 e. The second kappa shape index (κ2) is 9.41. The smallest absolute Gasteiger partial charge is 0.252 e. The SMILES string of the molecule is CN=C(NCCNC(=O)c1ccccc1Cl)NCc1ncc(C(C)(C)C)o1. The minimum absolute atomic E-state index is 0.0783. The number of nitrogens with zero attached hydrogens (tertiary/aromatic N) is 2. The Balaban J connectivity index is 1.74. The summed E-state index contributed by atoms with van der Waals surface area (Å²) in [6, 6.07) is 6.94. The number of aromatic nitrogens is 1. The molecule has 2 rings (SSSR count). The van der Waals surface area contributed by atoms with E-state index in [1.54, 1.807) is 37.5 Å². The number of halogens is 1. The van der Waals surface area contributed by atoms with Crippen molar-refractivity contribution in [1.29, 1.82) is 0 Å². The highest BCUT2D eigenvalue weighted by molar-refractivity contribution is 6.33. The molecule has 1 amide bonds. The number of aliphatic imine (C=N–C) groups is 1. The lowest BCUT2D eigenvalue weighted by atomic mass is 9.94. The van der Waals surface area contributed by atoms with Crippen LogP contribution >= 0.6 is 11.6 Å². The zero-order valence-electron chi connectivity index (χ0n) is 16.1. The first-order chi connectivity index (χ1) is 12.8. The molecule has 2 aromatic rings. The van der Waals surface area contributed by atoms with Crippen LogP contribution in [-0.2, 0) is 12.0 Å². The van der Waals surface area contributed by atoms with Crippen molar-refractivity contribution < 1.29 is 9.21 Å². The van der Waals surface area contributed by atoms with Crippen molar-refractivity contribution in [2.45, 2.75) is 32.7 Å². The van der Waals surface area contributed by atoms with Crippen LogP contribution in [0.25, 0.3) is 0 Å². The molecule has 0 saturated carbocycles. The Morgan fingerprint density at radius 1 is 1.19 bits per heavy atom. The molecular formula is C19H26ClN5O2. The van der Waals surface area contributed by atoms with Crippen LogP contribution in [0.2, 0.25) is 5.02 Å². The molecule has 27 heavy (non-hydrogen) atoms. The molecule has 0 radical (unpaired) electrons. The molecule has 8 heteroatoms. The van der Waals surface area contributed by atoms with Gasteiger partial charge >= 0.3 is 0 Å². The molecular weight excluding hydrogens is 366 g/mol. The van der Waals surface area contributed by atoms with Crippen molar-refractivity contribution in [3.63, 3.8) is 0 Å². The Kier molecular flexibility index (Phi) is 7.24. The fourth-order valence-electron chi connectivity index (χ4n) is 2.22. The summed E-state index contributed by atoms with van der Waals surface area (Å²) in [5.41, 5.74) is 0.380. The summed E-state index contributed by atoms with van der Waals surface area (Å²) >= 11 is 6.01. The summed E-state index contributed by atoms with van der Waals surface area (Å²) < 4.78 is 5.73. The third kappa shape index (κ3) is 6.29. The fraction of sp³-hybridized carbons (Fsp3) is 0.421. The van der Waals surface area contributed by atoms with Gasteiger partial charge < -0.3 is 20.4 Å². The van der Waals surface area contributed by atoms with Gasteiger partial charge in [-0.05, 0) is 12.1 Å². The van der Waals surface area contributed by atoms with Crippen molar-refractivity contribution in [2.75, 3.05) is 20.1 Å². The second-order valence-electron chi connectivity index (χ2n) is 6.96. The van der Waals surface area contributed by atoms with E-state index in [9.17, 15) is 4.79 Å². The molecule has 0 atom stereocenters. The predicted molar refractivity (Wildman–Crippen MR) is 107 cm³/mol. The van der Waals surface area contributed by atoms with Crippen LogP contribution < -0.4 is 16.0 Å². The molecule has 146 valence electrons. The summed E-state index contributed by atoms with van der Waals surface area (Å²) in [5, 5.41) is 9.49. The average Bonchev–Trinajstić information content (AvgIpc) is 3.11. The van der Waals surface area contributed by atoms with E-state index in [-0.39, 0.29) is 11.3 Å². The number of amides is 1. The largest absolute Gasteiger partial charge is 0.443 e. The third-order valence-electron chi connectivity index (χ3n) is 3.74. The summed E-state index contributed by atoms with van der Waals surface area (Å²) in [5.74, 6) is 1.82. The number of hydrogen-bond donors (Lipinski definition) is 3. The Morgan fingerprint density at radius 3 is 2.52 bits per heavy atom. The number of nitrogens with one attached hydrogen (secondary N) is 3. The zero-order valence-corrected chi connectivity index (χ0v) is 16.9. The van der Waals surface area contributed by atoms with Crippen LogP contribution in [0.3, 0.4) is 0 Å². The summed E-state index contributed by atoms with van der Waals surface area (Å²) in [6.45, 7) is 7.57. The molecule has 1 heterocycles. The lowest BCUT2D eigenvalue weighted by Crippen LogP contribution is -2.41. The maximum absolute atomic E-state index is 12.1. The molecule has 0 aliphatic carbocycles. The lowest BCUT2D eigenvalue weighted by molar-refractivity contribution is 0.0954. The molecule has 1 aromatic heterocycles. The van der Waals surface area contributed by atoms with Crippen LogP contribution in [0.15, 0.2) is 39.9 Å². The number of carbonyl (C=O) groups excluding carboxylic acids is 1. The van der Waals surface area contributed by atoms with E-state index in [4.69, 9.17) is 16.0 Å². The molecule has 0 aliphatic heterocycles. The second-order valence-corrected chi connectivity index (χ2v) is 7.36. The highest BCUT2D eigenvalue weighted by Crippen LogP contribution is 2.22. The van der Waals surface area contributed by atoms with E-state index in [1.807, 2.05) is 0 Å². The van der Waals surface area contributed by atoms with Gasteiger partial charge in [0.05, 0.1) is 23.3 Å². The first-order valence-electron chi connectivity index (χ1n) is 8.73. The number of benzene rings is 1. The van der Waals surface area contributed by atoms with E-state index in [1.165, 1.54) is 0 Å². The molecule has 0 aliphatic rings. The zero-order chi connectivity index (χ0) is 19.9. The van der Waals surface area contributed by atoms with Gasteiger partial charge in [-0.25, -0.2) is 4.98 Å². The van der Waals surface area contributed by atoms with Gasteiger partial charge in [0.25, 0.3) is 5.91 Å². The standard InChI is InChI=1S/C19H26ClN5O2/c1-19(2,3)15-11-24-16(27-15)12-25-18(21-4)23-10-9-22-17(26)13-7-5-6-8-14(13)20/h5-8,11H,9-10,12H2,1-4H3,(H,22,26)(H2,21,23,25). The number of hydrogen-bond acceptors (Lipinski definition) is 4. The Hall–Kier alpha value is -2.54. The van der Waals surface area contributed by atoms with Crippen LogP contribution in [-0.4, -0.2) is 37.0 Å². The third-order valence-corrected chi connectivity index (χ3v) is 4.07. The van der Waals surface area contributed by atoms with Gasteiger partial charge in [0, 0.05) is 25.6 Å². The number of carbonyl (C=O) groups is 1. The number of oxazole rings is 1. The van der Waals surface area contributed by atoms with Gasteiger partial charge in [-0.2, -0.15) is 0 Å². The molecule has 1 aromatic carbocycles. The van der Waals surface area contributed by atoms with E-state index < -0.39 is 0 Å². The van der Waals surface area contributed by atoms with Crippen LogP contribution in [0.5, 0.6) is 0 Å². The average molecular weight is 392 g/mol. The van der Waals surface area contributed by atoms with E-state index in [2.05, 4.69) is 46.7 Å². The summed E-state index contributed by atoms with van der Waals surface area (Å²) in [7, 11) is 1.67. The van der Waals surface area contributed by atoms with Crippen molar-refractivity contribution in [3.8, 4) is 0 Å².